The second-order valence-corrected chi connectivity index (χ2v) is 6.52. The normalized spacial score (nSPS) is 10.7. The highest BCUT2D eigenvalue weighted by Gasteiger charge is 2.09. The van der Waals surface area contributed by atoms with Crippen LogP contribution in [0.3, 0.4) is 0 Å². The summed E-state index contributed by atoms with van der Waals surface area (Å²) in [6.45, 7) is 1.96. The van der Waals surface area contributed by atoms with Crippen molar-refractivity contribution < 1.29 is 4.79 Å². The maximum absolute atomic E-state index is 12.2. The molecule has 2 aromatic carbocycles. The number of amides is 2. The van der Waals surface area contributed by atoms with Crippen molar-refractivity contribution in [2.24, 2.45) is 7.05 Å². The number of hydrogen-bond donors (Lipinski definition) is 2. The smallest absolute Gasteiger partial charge is 0.323 e. The zero-order valence-electron chi connectivity index (χ0n) is 15.2. The van der Waals surface area contributed by atoms with E-state index in [0.717, 1.165) is 39.0 Å². The summed E-state index contributed by atoms with van der Waals surface area (Å²) >= 11 is 0. The molecule has 2 aromatic heterocycles. The van der Waals surface area contributed by atoms with E-state index >= 15 is 0 Å². The van der Waals surface area contributed by atoms with E-state index in [2.05, 4.69) is 26.4 Å². The van der Waals surface area contributed by atoms with Crippen LogP contribution in [-0.2, 0) is 7.05 Å². The van der Waals surface area contributed by atoms with Gasteiger partial charge in [-0.05, 0) is 42.3 Å². The third kappa shape index (κ3) is 3.40. The monoisotopic (exact) mass is 356 g/mol. The van der Waals surface area contributed by atoms with Crippen LogP contribution in [0.4, 0.5) is 16.2 Å². The number of nitrogens with one attached hydrogen (secondary N) is 2. The molecule has 0 unspecified atom stereocenters. The molecule has 0 atom stereocenters. The van der Waals surface area contributed by atoms with Crippen molar-refractivity contribution in [3.05, 3.63) is 78.8 Å². The van der Waals surface area contributed by atoms with Crippen LogP contribution in [0.25, 0.3) is 22.0 Å². The number of anilines is 2. The van der Waals surface area contributed by atoms with Crippen LogP contribution in [0.2, 0.25) is 0 Å². The minimum absolute atomic E-state index is 0.256. The predicted octanol–water partition coefficient (Wildman–Crippen LogP) is 5.19. The first kappa shape index (κ1) is 16.8. The van der Waals surface area contributed by atoms with Gasteiger partial charge < -0.3 is 15.2 Å². The van der Waals surface area contributed by atoms with Gasteiger partial charge >= 0.3 is 6.03 Å². The van der Waals surface area contributed by atoms with Crippen LogP contribution < -0.4 is 10.6 Å². The average molecular weight is 356 g/mol. The fourth-order valence-corrected chi connectivity index (χ4v) is 3.19. The lowest BCUT2D eigenvalue weighted by Crippen LogP contribution is -2.19. The Morgan fingerprint density at radius 3 is 2.56 bits per heavy atom. The van der Waals surface area contributed by atoms with E-state index in [9.17, 15) is 4.79 Å². The van der Waals surface area contributed by atoms with Crippen molar-refractivity contribution in [1.82, 2.24) is 9.55 Å². The van der Waals surface area contributed by atoms with E-state index in [1.165, 1.54) is 0 Å². The molecule has 2 N–H and O–H groups in total. The number of rotatable bonds is 3. The minimum Gasteiger partial charge on any atom is -0.349 e. The lowest BCUT2D eigenvalue weighted by molar-refractivity contribution is 0.262. The fourth-order valence-electron chi connectivity index (χ4n) is 3.19. The Hall–Kier alpha value is -3.60. The van der Waals surface area contributed by atoms with Crippen LogP contribution in [0.15, 0.2) is 73.2 Å². The molecule has 0 bridgehead atoms. The summed E-state index contributed by atoms with van der Waals surface area (Å²) in [4.78, 5) is 16.4. The molecule has 134 valence electrons. The molecule has 0 aliphatic carbocycles. The molecule has 5 heteroatoms. The Bertz CT molecular complexity index is 1110. The molecule has 0 spiro atoms. The van der Waals surface area contributed by atoms with Gasteiger partial charge in [0.1, 0.15) is 0 Å². The quantitative estimate of drug-likeness (QED) is 0.530. The maximum atomic E-state index is 12.2. The third-order valence-corrected chi connectivity index (χ3v) is 4.64. The van der Waals surface area contributed by atoms with Gasteiger partial charge in [0.15, 0.2) is 0 Å². The van der Waals surface area contributed by atoms with Gasteiger partial charge in [0.25, 0.3) is 0 Å². The van der Waals surface area contributed by atoms with Gasteiger partial charge in [-0.3, -0.25) is 4.98 Å². The minimum atomic E-state index is -0.256. The van der Waals surface area contributed by atoms with Gasteiger partial charge in [0, 0.05) is 41.8 Å². The Morgan fingerprint density at radius 2 is 1.78 bits per heavy atom. The molecule has 0 fully saturated rings. The van der Waals surface area contributed by atoms with Crippen molar-refractivity contribution in [2.75, 3.05) is 10.6 Å². The van der Waals surface area contributed by atoms with Gasteiger partial charge in [0.2, 0.25) is 0 Å². The molecule has 0 radical (unpaired) electrons. The van der Waals surface area contributed by atoms with Crippen molar-refractivity contribution in [3.63, 3.8) is 0 Å². The number of carbonyl (C=O) groups excluding carboxylic acids is 1. The van der Waals surface area contributed by atoms with Crippen molar-refractivity contribution in [2.45, 2.75) is 6.92 Å². The van der Waals surface area contributed by atoms with Crippen molar-refractivity contribution in [3.8, 4) is 11.1 Å². The zero-order chi connectivity index (χ0) is 18.8. The largest absolute Gasteiger partial charge is 0.349 e. The summed E-state index contributed by atoms with van der Waals surface area (Å²) in [5.41, 5.74) is 5.89. The lowest BCUT2D eigenvalue weighted by atomic mass is 10.1. The van der Waals surface area contributed by atoms with Crippen LogP contribution in [0.1, 0.15) is 5.56 Å². The Morgan fingerprint density at radius 1 is 1.00 bits per heavy atom. The predicted molar refractivity (Wildman–Crippen MR) is 110 cm³/mol. The number of aromatic nitrogens is 2. The van der Waals surface area contributed by atoms with Crippen molar-refractivity contribution >= 4 is 28.3 Å². The number of fused-ring (bicyclic) bond motifs is 1. The number of hydrogen-bond acceptors (Lipinski definition) is 2. The van der Waals surface area contributed by atoms with Crippen LogP contribution in [0, 0.1) is 6.92 Å². The number of pyridine rings is 1. The Kier molecular flexibility index (Phi) is 4.34. The number of urea groups is 1. The average Bonchev–Trinajstić information content (AvgIpc) is 3.01. The SMILES string of the molecule is Cc1ccccc1NC(=O)Nc1ccc(-c2cn(C)c3cnccc23)cc1. The zero-order valence-corrected chi connectivity index (χ0v) is 15.2. The Balaban J connectivity index is 1.52. The molecule has 2 heterocycles. The molecule has 4 aromatic rings. The maximum Gasteiger partial charge on any atom is 0.323 e. The van der Waals surface area contributed by atoms with Crippen molar-refractivity contribution in [1.29, 1.82) is 0 Å². The summed E-state index contributed by atoms with van der Waals surface area (Å²) in [6, 6.07) is 17.3. The summed E-state index contributed by atoms with van der Waals surface area (Å²) in [6.07, 6.45) is 5.77. The van der Waals surface area contributed by atoms with E-state index < -0.39 is 0 Å². The van der Waals surface area contributed by atoms with Crippen LogP contribution in [-0.4, -0.2) is 15.6 Å². The lowest BCUT2D eigenvalue weighted by Gasteiger charge is -2.10. The van der Waals surface area contributed by atoms with E-state index in [-0.39, 0.29) is 6.03 Å². The summed E-state index contributed by atoms with van der Waals surface area (Å²) in [7, 11) is 2.01. The number of nitrogens with zero attached hydrogens (tertiary/aromatic N) is 2. The van der Waals surface area contributed by atoms with Gasteiger partial charge in [-0.2, -0.15) is 0 Å². The molecular weight excluding hydrogens is 336 g/mol. The molecule has 4 rings (SSSR count). The van der Waals surface area contributed by atoms with Crippen LogP contribution >= 0.6 is 0 Å². The molecule has 27 heavy (non-hydrogen) atoms. The highest BCUT2D eigenvalue weighted by atomic mass is 16.2. The van der Waals surface area contributed by atoms with Gasteiger partial charge in [-0.1, -0.05) is 30.3 Å². The summed E-state index contributed by atoms with van der Waals surface area (Å²) in [5.74, 6) is 0. The molecule has 5 nitrogen and oxygen atoms in total. The fraction of sp³-hybridized carbons (Fsp3) is 0.0909. The number of benzene rings is 2. The van der Waals surface area contributed by atoms with Gasteiger partial charge in [-0.25, -0.2) is 4.79 Å². The number of aryl methyl sites for hydroxylation is 2. The molecular formula is C22H20N4O. The van der Waals surface area contributed by atoms with E-state index in [1.807, 2.05) is 74.8 Å². The number of para-hydroxylation sites is 1. The standard InChI is InChI=1S/C22H20N4O/c1-15-5-3-4-6-20(15)25-22(27)24-17-9-7-16(8-10-17)19-14-26(2)21-13-23-12-11-18(19)21/h3-14H,1-2H3,(H2,24,25,27). The first-order chi connectivity index (χ1) is 13.1. The van der Waals surface area contributed by atoms with E-state index in [0.29, 0.717) is 0 Å². The highest BCUT2D eigenvalue weighted by Crippen LogP contribution is 2.30. The van der Waals surface area contributed by atoms with Gasteiger partial charge in [-0.15, -0.1) is 0 Å². The summed E-state index contributed by atoms with van der Waals surface area (Å²) < 4.78 is 2.07. The van der Waals surface area contributed by atoms with Crippen LogP contribution in [0.5, 0.6) is 0 Å². The Labute approximate surface area is 157 Å². The number of carbonyl (C=O) groups is 1. The first-order valence-electron chi connectivity index (χ1n) is 8.75. The topological polar surface area (TPSA) is 59.0 Å². The molecule has 2 amide bonds. The molecule has 0 saturated carbocycles. The highest BCUT2D eigenvalue weighted by molar-refractivity contribution is 6.00. The molecule has 0 aliphatic rings. The van der Waals surface area contributed by atoms with E-state index in [4.69, 9.17) is 0 Å². The second kappa shape index (κ2) is 6.96. The summed E-state index contributed by atoms with van der Waals surface area (Å²) in [5, 5.41) is 6.90. The molecule has 0 aliphatic heterocycles. The van der Waals surface area contributed by atoms with Gasteiger partial charge in [0.05, 0.1) is 11.7 Å². The third-order valence-electron chi connectivity index (χ3n) is 4.64. The first-order valence-corrected chi connectivity index (χ1v) is 8.75. The molecule has 0 saturated heterocycles. The second-order valence-electron chi connectivity index (χ2n) is 6.52. The van der Waals surface area contributed by atoms with E-state index in [1.54, 1.807) is 6.20 Å².